The summed E-state index contributed by atoms with van der Waals surface area (Å²) in [5.41, 5.74) is 2.18. The summed E-state index contributed by atoms with van der Waals surface area (Å²) >= 11 is 0. The van der Waals surface area contributed by atoms with Crippen LogP contribution in [-0.4, -0.2) is 17.7 Å². The molecule has 0 heterocycles. The van der Waals surface area contributed by atoms with E-state index in [1.807, 2.05) is 24.3 Å². The van der Waals surface area contributed by atoms with Crippen molar-refractivity contribution in [2.75, 3.05) is 6.61 Å². The van der Waals surface area contributed by atoms with Gasteiger partial charge in [-0.15, -0.1) is 0 Å². The lowest BCUT2D eigenvalue weighted by molar-refractivity contribution is -0.144. The molecule has 0 aliphatic heterocycles. The summed E-state index contributed by atoms with van der Waals surface area (Å²) in [5, 5.41) is 9.37. The lowest BCUT2D eigenvalue weighted by Crippen LogP contribution is -2.07. The monoisotopic (exact) mass is 466 g/mol. The number of phenols is 1. The first-order chi connectivity index (χ1) is 16.4. The number of carbonyl (C=O) groups is 1. The predicted octanol–water partition coefficient (Wildman–Crippen LogP) is 6.20. The SMILES string of the molecule is CCOC(=O)[C@H]1C[C@@H]1c1ccc(O[C@@H]2CCc3c(Oc4ccc(O)c(F)c4)ccc(F)c32)cc1. The Kier molecular flexibility index (Phi) is 5.86. The van der Waals surface area contributed by atoms with Gasteiger partial charge in [0.05, 0.1) is 12.5 Å². The maximum absolute atomic E-state index is 14.8. The van der Waals surface area contributed by atoms with E-state index in [2.05, 4.69) is 0 Å². The summed E-state index contributed by atoms with van der Waals surface area (Å²) in [6.45, 7) is 2.18. The molecule has 3 atom stereocenters. The number of hydrogen-bond acceptors (Lipinski definition) is 5. The summed E-state index contributed by atoms with van der Waals surface area (Å²) in [6, 6.07) is 14.1. The smallest absolute Gasteiger partial charge is 0.309 e. The molecule has 2 aliphatic rings. The lowest BCUT2D eigenvalue weighted by Gasteiger charge is -2.17. The summed E-state index contributed by atoms with van der Waals surface area (Å²) in [5.74, 6) is -0.444. The molecule has 176 valence electrons. The van der Waals surface area contributed by atoms with Gasteiger partial charge in [-0.3, -0.25) is 4.79 Å². The van der Waals surface area contributed by atoms with Gasteiger partial charge in [0.2, 0.25) is 0 Å². The molecule has 7 heteroatoms. The highest BCUT2D eigenvalue weighted by atomic mass is 19.1. The van der Waals surface area contributed by atoms with Gasteiger partial charge >= 0.3 is 5.97 Å². The Labute approximate surface area is 195 Å². The Morgan fingerprint density at radius 3 is 2.53 bits per heavy atom. The van der Waals surface area contributed by atoms with Gasteiger partial charge in [0.1, 0.15) is 29.2 Å². The third-order valence-corrected chi connectivity index (χ3v) is 6.35. The first-order valence-corrected chi connectivity index (χ1v) is 11.4. The molecular weight excluding hydrogens is 442 g/mol. The fraction of sp³-hybridized carbons (Fsp3) is 0.296. The average Bonchev–Trinajstić information content (AvgIpc) is 3.52. The number of carbonyl (C=O) groups excluding carboxylic acids is 1. The van der Waals surface area contributed by atoms with Crippen LogP contribution in [0.2, 0.25) is 0 Å². The van der Waals surface area contributed by atoms with Gasteiger partial charge in [-0.05, 0) is 74.1 Å². The summed E-state index contributed by atoms with van der Waals surface area (Å²) < 4.78 is 45.4. The number of aromatic hydroxyl groups is 1. The van der Waals surface area contributed by atoms with E-state index in [1.54, 1.807) is 6.92 Å². The minimum absolute atomic E-state index is 0.0806. The Hall–Kier alpha value is -3.61. The van der Waals surface area contributed by atoms with Crippen molar-refractivity contribution in [3.8, 4) is 23.0 Å². The highest BCUT2D eigenvalue weighted by Crippen LogP contribution is 2.49. The molecule has 0 unspecified atom stereocenters. The number of esters is 1. The number of hydrogen-bond donors (Lipinski definition) is 1. The molecule has 5 rings (SSSR count). The predicted molar refractivity (Wildman–Crippen MR) is 120 cm³/mol. The molecule has 0 saturated heterocycles. The van der Waals surface area contributed by atoms with Crippen LogP contribution in [0.3, 0.4) is 0 Å². The van der Waals surface area contributed by atoms with Gasteiger partial charge in [0.25, 0.3) is 0 Å². The molecule has 5 nitrogen and oxygen atoms in total. The molecular formula is C27H24F2O5. The number of rotatable bonds is 7. The van der Waals surface area contributed by atoms with Crippen LogP contribution in [0.4, 0.5) is 8.78 Å². The van der Waals surface area contributed by atoms with Crippen LogP contribution in [0.15, 0.2) is 54.6 Å². The van der Waals surface area contributed by atoms with Crippen molar-refractivity contribution in [3.05, 3.63) is 82.9 Å². The Morgan fingerprint density at radius 1 is 1.03 bits per heavy atom. The van der Waals surface area contributed by atoms with E-state index < -0.39 is 17.7 Å². The number of fused-ring (bicyclic) bond motifs is 1. The minimum atomic E-state index is -0.791. The van der Waals surface area contributed by atoms with E-state index in [1.165, 1.54) is 24.3 Å². The van der Waals surface area contributed by atoms with Gasteiger partial charge in [0.15, 0.2) is 11.6 Å². The molecule has 0 aromatic heterocycles. The third-order valence-electron chi connectivity index (χ3n) is 6.35. The fourth-order valence-electron chi connectivity index (χ4n) is 4.56. The number of phenolic OH excluding ortho intramolecular Hbond substituents is 1. The van der Waals surface area contributed by atoms with Crippen molar-refractivity contribution in [1.82, 2.24) is 0 Å². The highest BCUT2D eigenvalue weighted by molar-refractivity contribution is 5.77. The van der Waals surface area contributed by atoms with Crippen LogP contribution in [-0.2, 0) is 16.0 Å². The molecule has 0 spiro atoms. The van der Waals surface area contributed by atoms with E-state index in [0.29, 0.717) is 42.1 Å². The van der Waals surface area contributed by atoms with E-state index >= 15 is 0 Å². The first kappa shape index (κ1) is 22.2. The summed E-state index contributed by atoms with van der Waals surface area (Å²) in [4.78, 5) is 11.9. The Bertz CT molecular complexity index is 1220. The number of ether oxygens (including phenoxy) is 3. The van der Waals surface area contributed by atoms with Crippen LogP contribution in [0, 0.1) is 17.6 Å². The van der Waals surface area contributed by atoms with Gasteiger partial charge in [-0.25, -0.2) is 8.78 Å². The maximum atomic E-state index is 14.8. The largest absolute Gasteiger partial charge is 0.505 e. The molecule has 0 amide bonds. The van der Waals surface area contributed by atoms with Crippen LogP contribution in [0.5, 0.6) is 23.0 Å². The zero-order valence-electron chi connectivity index (χ0n) is 18.6. The highest BCUT2D eigenvalue weighted by Gasteiger charge is 2.45. The van der Waals surface area contributed by atoms with Gasteiger partial charge < -0.3 is 19.3 Å². The quantitative estimate of drug-likeness (QED) is 0.420. The molecule has 1 fully saturated rings. The zero-order valence-corrected chi connectivity index (χ0v) is 18.6. The topological polar surface area (TPSA) is 65.0 Å². The fourth-order valence-corrected chi connectivity index (χ4v) is 4.56. The summed E-state index contributed by atoms with van der Waals surface area (Å²) in [7, 11) is 0. The van der Waals surface area contributed by atoms with Gasteiger partial charge in [-0.2, -0.15) is 0 Å². The van der Waals surface area contributed by atoms with E-state index in [0.717, 1.165) is 18.1 Å². The molecule has 0 bridgehead atoms. The molecule has 3 aromatic rings. The number of halogens is 2. The lowest BCUT2D eigenvalue weighted by atomic mass is 10.1. The van der Waals surface area contributed by atoms with Crippen molar-refractivity contribution in [1.29, 1.82) is 0 Å². The zero-order chi connectivity index (χ0) is 23.8. The van der Waals surface area contributed by atoms with Crippen molar-refractivity contribution in [3.63, 3.8) is 0 Å². The van der Waals surface area contributed by atoms with Crippen LogP contribution >= 0.6 is 0 Å². The van der Waals surface area contributed by atoms with Crippen molar-refractivity contribution < 1.29 is 32.9 Å². The van der Waals surface area contributed by atoms with Gasteiger partial charge in [0, 0.05) is 17.2 Å². The van der Waals surface area contributed by atoms with E-state index in [-0.39, 0.29) is 29.4 Å². The second-order valence-electron chi connectivity index (χ2n) is 8.57. The second-order valence-corrected chi connectivity index (χ2v) is 8.57. The van der Waals surface area contributed by atoms with Crippen molar-refractivity contribution in [2.24, 2.45) is 5.92 Å². The molecule has 0 radical (unpaired) electrons. The summed E-state index contributed by atoms with van der Waals surface area (Å²) in [6.07, 6.45) is 1.43. The molecule has 1 saturated carbocycles. The maximum Gasteiger partial charge on any atom is 0.309 e. The minimum Gasteiger partial charge on any atom is -0.505 e. The number of benzene rings is 3. The van der Waals surface area contributed by atoms with Crippen LogP contribution < -0.4 is 9.47 Å². The third kappa shape index (κ3) is 4.30. The second kappa shape index (κ2) is 8.97. The van der Waals surface area contributed by atoms with Crippen LogP contribution in [0.25, 0.3) is 0 Å². The van der Waals surface area contributed by atoms with E-state index in [9.17, 15) is 18.7 Å². The van der Waals surface area contributed by atoms with Crippen molar-refractivity contribution in [2.45, 2.75) is 38.2 Å². The molecule has 3 aromatic carbocycles. The first-order valence-electron chi connectivity index (χ1n) is 11.4. The van der Waals surface area contributed by atoms with E-state index in [4.69, 9.17) is 14.2 Å². The Balaban J connectivity index is 1.30. The normalized spacial score (nSPS) is 20.5. The average molecular weight is 466 g/mol. The molecule has 2 aliphatic carbocycles. The molecule has 34 heavy (non-hydrogen) atoms. The standard InChI is InChI=1S/C27H24F2O5/c1-2-32-27(31)20-14-19(20)15-3-5-16(6-4-15)33-25-11-8-18-24(12-9-21(28)26(18)25)34-17-7-10-23(30)22(29)13-17/h3-7,9-10,12-13,19-20,25,30H,2,8,11,14H2,1H3/t19-,20+,25-/m1/s1. The Morgan fingerprint density at radius 2 is 1.79 bits per heavy atom. The molecule has 1 N–H and O–H groups in total. The van der Waals surface area contributed by atoms with Crippen molar-refractivity contribution >= 4 is 5.97 Å². The van der Waals surface area contributed by atoms with Gasteiger partial charge in [-0.1, -0.05) is 12.1 Å². The van der Waals surface area contributed by atoms with Crippen LogP contribution in [0.1, 0.15) is 48.5 Å².